The molecule has 0 aliphatic carbocycles. The van der Waals surface area contributed by atoms with Crippen LogP contribution in [0.2, 0.25) is 0 Å². The highest BCUT2D eigenvalue weighted by atomic mass is 35.5. The Kier molecular flexibility index (Phi) is 3.46. The number of anilines is 1. The van der Waals surface area contributed by atoms with E-state index in [2.05, 4.69) is 15.3 Å². The number of fused-ring (bicyclic) bond motifs is 1. The Balaban J connectivity index is 1.98. The van der Waals surface area contributed by atoms with E-state index >= 15 is 0 Å². The molecular weight excluding hydrogens is 300 g/mol. The number of hydrogen-bond donors (Lipinski definition) is 4. The maximum atomic E-state index is 9.99. The van der Waals surface area contributed by atoms with Crippen LogP contribution in [-0.4, -0.2) is 44.5 Å². The van der Waals surface area contributed by atoms with E-state index in [4.69, 9.17) is 22.1 Å². The first-order valence-corrected chi connectivity index (χ1v) is 6.65. The molecular formula is C11H13ClN6O3. The molecule has 1 saturated heterocycles. The minimum atomic E-state index is -1.09. The van der Waals surface area contributed by atoms with Crippen LogP contribution >= 0.6 is 11.6 Å². The first-order chi connectivity index (χ1) is 10.1. The third-order valence-corrected chi connectivity index (χ3v) is 3.82. The van der Waals surface area contributed by atoms with E-state index in [1.807, 2.05) is 6.07 Å². The number of aliphatic hydroxyl groups is 2. The van der Waals surface area contributed by atoms with Gasteiger partial charge in [0, 0.05) is 0 Å². The molecule has 3 rings (SSSR count). The minimum Gasteiger partial charge on any atom is -0.394 e. The molecule has 0 aromatic carbocycles. The third kappa shape index (κ3) is 2.13. The van der Waals surface area contributed by atoms with Gasteiger partial charge in [-0.25, -0.2) is 9.98 Å². The molecule has 10 heteroatoms. The lowest BCUT2D eigenvalue weighted by atomic mass is 10.0. The summed E-state index contributed by atoms with van der Waals surface area (Å²) in [5.41, 5.74) is 5.35. The van der Waals surface area contributed by atoms with Crippen molar-refractivity contribution in [1.82, 2.24) is 9.55 Å². The Morgan fingerprint density at radius 1 is 1.62 bits per heavy atom. The van der Waals surface area contributed by atoms with Crippen molar-refractivity contribution in [3.63, 3.8) is 0 Å². The summed E-state index contributed by atoms with van der Waals surface area (Å²) in [4.78, 5) is 8.06. The summed E-state index contributed by atoms with van der Waals surface area (Å²) < 4.78 is 7.07. The number of aromatic nitrogens is 2. The smallest absolute Gasteiger partial charge is 0.196 e. The Bertz CT molecular complexity index is 626. The van der Waals surface area contributed by atoms with Crippen LogP contribution in [0.25, 0.3) is 0 Å². The van der Waals surface area contributed by atoms with Crippen LogP contribution in [0.3, 0.4) is 0 Å². The topological polar surface area (TPSA) is 142 Å². The standard InChI is InChI=1S/C11H13ClN6O3/c12-8-6-9(17-11(14)16-8)18(3-15-6)10-4(1-13)7(20)5(2-19)21-10/h3-5,7-8,10,19-20H,2H2,(H3,14,16,17). The number of alkyl halides is 1. The van der Waals surface area contributed by atoms with Gasteiger partial charge in [0.05, 0.1) is 19.0 Å². The normalized spacial score (nSPS) is 34.8. The van der Waals surface area contributed by atoms with E-state index in [9.17, 15) is 15.5 Å². The highest BCUT2D eigenvalue weighted by Crippen LogP contribution is 2.39. The van der Waals surface area contributed by atoms with E-state index in [0.717, 1.165) is 0 Å². The minimum absolute atomic E-state index is 0.120. The third-order valence-electron chi connectivity index (χ3n) is 3.52. The lowest BCUT2D eigenvalue weighted by Gasteiger charge is -2.22. The molecule has 2 aliphatic heterocycles. The average Bonchev–Trinajstić information content (AvgIpc) is 2.99. The molecule has 1 aromatic heterocycles. The number of halogens is 1. The second-order valence-electron chi connectivity index (χ2n) is 4.75. The Morgan fingerprint density at radius 3 is 3.05 bits per heavy atom. The fourth-order valence-electron chi connectivity index (χ4n) is 2.48. The summed E-state index contributed by atoms with van der Waals surface area (Å²) in [5, 5.41) is 31.2. The van der Waals surface area contributed by atoms with Crippen molar-refractivity contribution in [1.29, 1.82) is 5.26 Å². The molecule has 0 bridgehead atoms. The molecule has 0 saturated carbocycles. The number of nitrogens with zero attached hydrogens (tertiary/aromatic N) is 4. The summed E-state index contributed by atoms with van der Waals surface area (Å²) in [6.07, 6.45) is -1.30. The Hall–Kier alpha value is -1.86. The number of nitrogens with two attached hydrogens (primary N) is 1. The molecule has 5 unspecified atom stereocenters. The molecule has 21 heavy (non-hydrogen) atoms. The van der Waals surface area contributed by atoms with Gasteiger partial charge < -0.3 is 26.0 Å². The van der Waals surface area contributed by atoms with Gasteiger partial charge in [0.25, 0.3) is 0 Å². The molecule has 5 atom stereocenters. The van der Waals surface area contributed by atoms with E-state index < -0.39 is 29.9 Å². The second-order valence-corrected chi connectivity index (χ2v) is 5.17. The van der Waals surface area contributed by atoms with Gasteiger partial charge in [0.1, 0.15) is 29.6 Å². The van der Waals surface area contributed by atoms with Crippen molar-refractivity contribution >= 4 is 23.4 Å². The number of guanidine groups is 1. The van der Waals surface area contributed by atoms with Crippen molar-refractivity contribution in [3.8, 4) is 6.07 Å². The number of nitrogens with one attached hydrogen (secondary N) is 1. The number of aliphatic hydroxyl groups excluding tert-OH is 2. The SMILES string of the molecule is N#CC1C(O)C(CO)OC1n1cnc2c1NC(N)=NC2Cl. The fourth-order valence-corrected chi connectivity index (χ4v) is 2.75. The molecule has 5 N–H and O–H groups in total. The fraction of sp³-hybridized carbons (Fsp3) is 0.545. The summed E-state index contributed by atoms with van der Waals surface area (Å²) in [5.74, 6) is -0.273. The lowest BCUT2D eigenvalue weighted by molar-refractivity contribution is -0.0446. The van der Waals surface area contributed by atoms with Gasteiger partial charge in [-0.3, -0.25) is 4.57 Å². The van der Waals surface area contributed by atoms with Crippen LogP contribution in [0.1, 0.15) is 17.4 Å². The van der Waals surface area contributed by atoms with Crippen molar-refractivity contribution in [2.45, 2.75) is 23.9 Å². The highest BCUT2D eigenvalue weighted by Gasteiger charge is 2.46. The molecule has 0 amide bonds. The number of ether oxygens (including phenoxy) is 1. The predicted octanol–water partition coefficient (Wildman–Crippen LogP) is -0.749. The first kappa shape index (κ1) is 14.1. The number of nitriles is 1. The van der Waals surface area contributed by atoms with Crippen LogP contribution in [0.5, 0.6) is 0 Å². The Labute approximate surface area is 124 Å². The molecule has 2 aliphatic rings. The largest absolute Gasteiger partial charge is 0.394 e. The van der Waals surface area contributed by atoms with Crippen LogP contribution < -0.4 is 11.1 Å². The molecule has 0 radical (unpaired) electrons. The van der Waals surface area contributed by atoms with Crippen LogP contribution in [0.4, 0.5) is 5.82 Å². The van der Waals surface area contributed by atoms with Crippen molar-refractivity contribution in [3.05, 3.63) is 12.0 Å². The molecule has 1 aromatic rings. The van der Waals surface area contributed by atoms with E-state index in [1.54, 1.807) is 0 Å². The molecule has 0 spiro atoms. The zero-order valence-corrected chi connectivity index (χ0v) is 11.5. The number of rotatable bonds is 2. The van der Waals surface area contributed by atoms with E-state index in [-0.39, 0.29) is 12.6 Å². The Morgan fingerprint density at radius 2 is 2.38 bits per heavy atom. The number of hydrogen-bond acceptors (Lipinski definition) is 8. The van der Waals surface area contributed by atoms with Gasteiger partial charge >= 0.3 is 0 Å². The van der Waals surface area contributed by atoms with Gasteiger partial charge in [-0.05, 0) is 0 Å². The van der Waals surface area contributed by atoms with Gasteiger partial charge in [0.15, 0.2) is 17.7 Å². The van der Waals surface area contributed by atoms with Crippen LogP contribution in [-0.2, 0) is 4.74 Å². The van der Waals surface area contributed by atoms with Crippen molar-refractivity contribution in [2.24, 2.45) is 16.6 Å². The number of imidazole rings is 1. The van der Waals surface area contributed by atoms with Gasteiger partial charge in [-0.2, -0.15) is 5.26 Å². The van der Waals surface area contributed by atoms with Crippen LogP contribution in [0.15, 0.2) is 11.3 Å². The summed E-state index contributed by atoms with van der Waals surface area (Å²) >= 11 is 6.04. The monoisotopic (exact) mass is 312 g/mol. The summed E-state index contributed by atoms with van der Waals surface area (Å²) in [7, 11) is 0. The first-order valence-electron chi connectivity index (χ1n) is 6.22. The second kappa shape index (κ2) is 5.16. The average molecular weight is 313 g/mol. The van der Waals surface area contributed by atoms with Crippen molar-refractivity contribution in [2.75, 3.05) is 11.9 Å². The van der Waals surface area contributed by atoms with Gasteiger partial charge in [-0.15, -0.1) is 0 Å². The predicted molar refractivity (Wildman–Crippen MR) is 72.2 cm³/mol. The zero-order chi connectivity index (χ0) is 15.1. The zero-order valence-electron chi connectivity index (χ0n) is 10.7. The van der Waals surface area contributed by atoms with Gasteiger partial charge in [0.2, 0.25) is 0 Å². The lowest BCUT2D eigenvalue weighted by Crippen LogP contribution is -2.30. The molecule has 1 fully saturated rings. The molecule has 3 heterocycles. The molecule has 9 nitrogen and oxygen atoms in total. The van der Waals surface area contributed by atoms with Crippen LogP contribution in [0, 0.1) is 17.2 Å². The number of aliphatic imine (C=N–C) groups is 1. The highest BCUT2D eigenvalue weighted by molar-refractivity contribution is 6.22. The quantitative estimate of drug-likeness (QED) is 0.416. The van der Waals surface area contributed by atoms with E-state index in [1.165, 1.54) is 10.9 Å². The maximum Gasteiger partial charge on any atom is 0.196 e. The molecule has 112 valence electrons. The maximum absolute atomic E-state index is 9.99. The summed E-state index contributed by atoms with van der Waals surface area (Å²) in [6.45, 7) is -0.387. The van der Waals surface area contributed by atoms with Gasteiger partial charge in [-0.1, -0.05) is 11.6 Å². The van der Waals surface area contributed by atoms with E-state index in [0.29, 0.717) is 11.5 Å². The van der Waals surface area contributed by atoms with Crippen molar-refractivity contribution < 1.29 is 14.9 Å². The summed E-state index contributed by atoms with van der Waals surface area (Å²) in [6, 6.07) is 1.99.